The maximum Gasteiger partial charge on any atom is 0.337 e. The molecule has 0 bridgehead atoms. The molecule has 2 aromatic heterocycles. The van der Waals surface area contributed by atoms with Gasteiger partial charge in [0.15, 0.2) is 11.2 Å². The zero-order valence-electron chi connectivity index (χ0n) is 13.3. The van der Waals surface area contributed by atoms with Crippen molar-refractivity contribution in [3.05, 3.63) is 56.5 Å². The molecule has 1 fully saturated rings. The van der Waals surface area contributed by atoms with Gasteiger partial charge in [-0.05, 0) is 43.9 Å². The van der Waals surface area contributed by atoms with Crippen LogP contribution in [0.1, 0.15) is 19.8 Å². The fraction of sp³-hybridized carbons (Fsp3) is 0.353. The Morgan fingerprint density at radius 2 is 2.08 bits per heavy atom. The average Bonchev–Trinajstić information content (AvgIpc) is 3.29. The Labute approximate surface area is 142 Å². The zero-order chi connectivity index (χ0) is 16.8. The van der Waals surface area contributed by atoms with Gasteiger partial charge in [-0.15, -0.1) is 0 Å². The van der Waals surface area contributed by atoms with Crippen LogP contribution in [-0.4, -0.2) is 18.7 Å². The molecule has 1 saturated carbocycles. The van der Waals surface area contributed by atoms with E-state index < -0.39 is 0 Å². The number of hydrogen-bond donors (Lipinski definition) is 0. The van der Waals surface area contributed by atoms with Gasteiger partial charge >= 0.3 is 5.69 Å². The van der Waals surface area contributed by atoms with Crippen molar-refractivity contribution in [3.63, 3.8) is 0 Å². The first-order chi connectivity index (χ1) is 11.6. The van der Waals surface area contributed by atoms with Crippen LogP contribution in [0.25, 0.3) is 16.9 Å². The van der Waals surface area contributed by atoms with Crippen molar-refractivity contribution in [2.45, 2.75) is 32.9 Å². The predicted molar refractivity (Wildman–Crippen MR) is 93.0 cm³/mol. The molecule has 7 heteroatoms. The third-order valence-corrected chi connectivity index (χ3v) is 4.68. The fourth-order valence-corrected chi connectivity index (χ4v) is 3.17. The number of halogens is 1. The Kier molecular flexibility index (Phi) is 3.57. The number of aromatic nitrogens is 4. The SMILES string of the molecule is CCn1cnc2c1c(=O)n(CC1CC1)c(=O)n2-c1cccc(Cl)c1. The lowest BCUT2D eigenvalue weighted by atomic mass is 10.3. The van der Waals surface area contributed by atoms with Crippen LogP contribution >= 0.6 is 11.6 Å². The number of imidazole rings is 1. The normalized spacial score (nSPS) is 14.4. The summed E-state index contributed by atoms with van der Waals surface area (Å²) in [6.07, 6.45) is 3.73. The summed E-state index contributed by atoms with van der Waals surface area (Å²) in [6, 6.07) is 7.03. The van der Waals surface area contributed by atoms with Crippen LogP contribution in [0.2, 0.25) is 5.02 Å². The molecule has 6 nitrogen and oxygen atoms in total. The summed E-state index contributed by atoms with van der Waals surface area (Å²) < 4.78 is 4.60. The molecule has 0 unspecified atom stereocenters. The van der Waals surface area contributed by atoms with Crippen LogP contribution in [0.5, 0.6) is 0 Å². The number of aryl methyl sites for hydroxylation is 1. The summed E-state index contributed by atoms with van der Waals surface area (Å²) in [5, 5.41) is 0.530. The monoisotopic (exact) mass is 344 g/mol. The van der Waals surface area contributed by atoms with Crippen LogP contribution in [-0.2, 0) is 13.1 Å². The van der Waals surface area contributed by atoms with Gasteiger partial charge in [-0.25, -0.2) is 14.3 Å². The van der Waals surface area contributed by atoms with Gasteiger partial charge in [0.2, 0.25) is 0 Å². The standard InChI is InChI=1S/C17H17ClN4O2/c1-2-20-10-19-15-14(20)16(23)21(9-11-6-7-11)17(24)22(15)13-5-3-4-12(18)8-13/h3-5,8,10-11H,2,6-7,9H2,1H3. The highest BCUT2D eigenvalue weighted by molar-refractivity contribution is 6.30. The highest BCUT2D eigenvalue weighted by atomic mass is 35.5. The maximum absolute atomic E-state index is 13.0. The van der Waals surface area contributed by atoms with Crippen molar-refractivity contribution in [2.24, 2.45) is 5.92 Å². The van der Waals surface area contributed by atoms with E-state index >= 15 is 0 Å². The van der Waals surface area contributed by atoms with E-state index in [9.17, 15) is 9.59 Å². The molecule has 0 aliphatic heterocycles. The first kappa shape index (κ1) is 15.2. The Hall–Kier alpha value is -2.34. The van der Waals surface area contributed by atoms with Crippen LogP contribution in [0, 0.1) is 5.92 Å². The Morgan fingerprint density at radius 1 is 1.29 bits per heavy atom. The van der Waals surface area contributed by atoms with E-state index in [4.69, 9.17) is 11.6 Å². The van der Waals surface area contributed by atoms with Gasteiger partial charge in [0, 0.05) is 18.1 Å². The van der Waals surface area contributed by atoms with Crippen molar-refractivity contribution in [1.29, 1.82) is 0 Å². The number of fused-ring (bicyclic) bond motifs is 1. The highest BCUT2D eigenvalue weighted by Gasteiger charge is 2.26. The largest absolute Gasteiger partial charge is 0.337 e. The van der Waals surface area contributed by atoms with Crippen molar-refractivity contribution in [1.82, 2.24) is 18.7 Å². The Bertz CT molecular complexity index is 1040. The van der Waals surface area contributed by atoms with E-state index in [0.717, 1.165) is 12.8 Å². The third kappa shape index (κ3) is 2.38. The van der Waals surface area contributed by atoms with Crippen LogP contribution < -0.4 is 11.2 Å². The number of nitrogens with zero attached hydrogens (tertiary/aromatic N) is 4. The summed E-state index contributed by atoms with van der Waals surface area (Å²) in [5.41, 5.74) is 0.824. The molecule has 3 aromatic rings. The van der Waals surface area contributed by atoms with E-state index in [2.05, 4.69) is 4.98 Å². The van der Waals surface area contributed by atoms with Crippen LogP contribution in [0.15, 0.2) is 40.2 Å². The lowest BCUT2D eigenvalue weighted by molar-refractivity contribution is 0.567. The minimum atomic E-state index is -0.358. The molecule has 1 aromatic carbocycles. The van der Waals surface area contributed by atoms with E-state index in [1.807, 2.05) is 6.92 Å². The van der Waals surface area contributed by atoms with Gasteiger partial charge in [-0.2, -0.15) is 0 Å². The molecule has 2 heterocycles. The minimum Gasteiger partial charge on any atom is -0.325 e. The first-order valence-corrected chi connectivity index (χ1v) is 8.44. The minimum absolute atomic E-state index is 0.264. The molecule has 124 valence electrons. The van der Waals surface area contributed by atoms with Crippen molar-refractivity contribution in [2.75, 3.05) is 0 Å². The molecule has 0 N–H and O–H groups in total. The summed E-state index contributed by atoms with van der Waals surface area (Å²) in [5.74, 6) is 0.415. The lowest BCUT2D eigenvalue weighted by Crippen LogP contribution is -2.40. The molecule has 0 atom stereocenters. The third-order valence-electron chi connectivity index (χ3n) is 4.44. The molecule has 0 radical (unpaired) electrons. The molecule has 24 heavy (non-hydrogen) atoms. The maximum atomic E-state index is 13.0. The van der Waals surface area contributed by atoms with Crippen molar-refractivity contribution >= 4 is 22.8 Å². The predicted octanol–water partition coefficient (Wildman–Crippen LogP) is 2.43. The molecule has 0 spiro atoms. The molecule has 1 aliphatic carbocycles. The Morgan fingerprint density at radius 3 is 2.75 bits per heavy atom. The molecule has 1 aliphatic rings. The van der Waals surface area contributed by atoms with Crippen LogP contribution in [0.3, 0.4) is 0 Å². The van der Waals surface area contributed by atoms with Crippen molar-refractivity contribution in [3.8, 4) is 5.69 Å². The van der Waals surface area contributed by atoms with E-state index in [1.54, 1.807) is 35.2 Å². The fourth-order valence-electron chi connectivity index (χ4n) is 2.99. The van der Waals surface area contributed by atoms with Gasteiger partial charge < -0.3 is 4.57 Å². The molecular weight excluding hydrogens is 328 g/mol. The highest BCUT2D eigenvalue weighted by Crippen LogP contribution is 2.30. The topological polar surface area (TPSA) is 61.8 Å². The molecule has 0 saturated heterocycles. The number of hydrogen-bond acceptors (Lipinski definition) is 3. The quantitative estimate of drug-likeness (QED) is 0.730. The Balaban J connectivity index is 2.09. The van der Waals surface area contributed by atoms with Gasteiger partial charge in [-0.3, -0.25) is 9.36 Å². The first-order valence-electron chi connectivity index (χ1n) is 8.06. The smallest absolute Gasteiger partial charge is 0.325 e. The second-order valence-electron chi connectivity index (χ2n) is 6.16. The zero-order valence-corrected chi connectivity index (χ0v) is 14.0. The lowest BCUT2D eigenvalue weighted by Gasteiger charge is -2.12. The second-order valence-corrected chi connectivity index (χ2v) is 6.60. The number of benzene rings is 1. The summed E-state index contributed by atoms with van der Waals surface area (Å²) >= 11 is 6.09. The second kappa shape index (κ2) is 5.63. The van der Waals surface area contributed by atoms with E-state index in [1.165, 1.54) is 9.13 Å². The van der Waals surface area contributed by atoms with E-state index in [-0.39, 0.29) is 11.2 Å². The molecule has 4 rings (SSSR count). The molecular formula is C17H17ClN4O2. The van der Waals surface area contributed by atoms with Gasteiger partial charge in [0.05, 0.1) is 12.0 Å². The number of rotatable bonds is 4. The van der Waals surface area contributed by atoms with E-state index in [0.29, 0.717) is 40.9 Å². The van der Waals surface area contributed by atoms with Crippen LogP contribution in [0.4, 0.5) is 0 Å². The van der Waals surface area contributed by atoms with Gasteiger partial charge in [-0.1, -0.05) is 17.7 Å². The summed E-state index contributed by atoms with van der Waals surface area (Å²) in [4.78, 5) is 30.2. The summed E-state index contributed by atoms with van der Waals surface area (Å²) in [6.45, 7) is 3.02. The van der Waals surface area contributed by atoms with Gasteiger partial charge in [0.25, 0.3) is 5.56 Å². The van der Waals surface area contributed by atoms with Crippen molar-refractivity contribution < 1.29 is 0 Å². The summed E-state index contributed by atoms with van der Waals surface area (Å²) in [7, 11) is 0. The molecule has 0 amide bonds. The van der Waals surface area contributed by atoms with Gasteiger partial charge in [0.1, 0.15) is 0 Å². The average molecular weight is 345 g/mol.